The van der Waals surface area contributed by atoms with Crippen molar-refractivity contribution in [3.8, 4) is 0 Å². The molecule has 0 aliphatic carbocycles. The molecule has 1 heterocycles. The molecule has 0 saturated heterocycles. The molecule has 0 saturated carbocycles. The predicted molar refractivity (Wildman–Crippen MR) is 243 cm³/mol. The maximum absolute atomic E-state index is 2.12. The number of fused-ring (bicyclic) bond motifs is 1. The van der Waals surface area contributed by atoms with Gasteiger partial charge in [0.2, 0.25) is 0 Å². The highest BCUT2D eigenvalue weighted by atomic mass is 32.1. The van der Waals surface area contributed by atoms with Gasteiger partial charge >= 0.3 is 0 Å². The van der Waals surface area contributed by atoms with Crippen molar-refractivity contribution in [3.63, 3.8) is 0 Å². The van der Waals surface area contributed by atoms with Gasteiger partial charge in [0, 0.05) is 0 Å². The molecule has 0 N–H and O–H groups in total. The first-order chi connectivity index (χ1) is 18.9. The van der Waals surface area contributed by atoms with Gasteiger partial charge in [0.05, 0.1) is 0 Å². The van der Waals surface area contributed by atoms with Gasteiger partial charge in [-0.05, 0) is 21.5 Å². The number of rotatable bonds is 0. The summed E-state index contributed by atoms with van der Waals surface area (Å²) in [5, 5.41) is 6.70. The van der Waals surface area contributed by atoms with Gasteiger partial charge in [0.1, 0.15) is 0 Å². The molecular formula is C46H92S. The van der Waals surface area contributed by atoms with Crippen LogP contribution in [0.5, 0.6) is 0 Å². The van der Waals surface area contributed by atoms with E-state index in [-0.39, 0.29) is 66.8 Å². The largest absolute Gasteiger partial charge is 0.152 e. The first-order valence-electron chi connectivity index (χ1n) is 14.3. The lowest BCUT2D eigenvalue weighted by Gasteiger charge is -1.92. The first kappa shape index (κ1) is 84.6. The number of hydrogen-bond donors (Lipinski definition) is 0. The van der Waals surface area contributed by atoms with Gasteiger partial charge in [-0.25, -0.2) is 0 Å². The third-order valence-electron chi connectivity index (χ3n) is 3.42. The molecule has 0 spiro atoms. The molecule has 1 heteroatoms. The Hall–Kier alpha value is -3.16. The van der Waals surface area contributed by atoms with Gasteiger partial charge in [0.25, 0.3) is 0 Å². The summed E-state index contributed by atoms with van der Waals surface area (Å²) in [5.74, 6) is 0. The van der Waals surface area contributed by atoms with Crippen LogP contribution in [0.1, 0.15) is 142 Å². The van der Waals surface area contributed by atoms with Gasteiger partial charge in [-0.3, -0.25) is 0 Å². The minimum Gasteiger partial charge on any atom is -0.152 e. The van der Waals surface area contributed by atoms with E-state index in [1.54, 1.807) is 11.3 Å². The molecule has 4 aromatic carbocycles. The lowest BCUT2D eigenvalue weighted by Crippen LogP contribution is -1.67. The van der Waals surface area contributed by atoms with E-state index in [2.05, 4.69) is 62.4 Å². The highest BCUT2D eigenvalue weighted by molar-refractivity contribution is 7.07. The van der Waals surface area contributed by atoms with E-state index in [1.807, 2.05) is 151 Å². The molecule has 0 aliphatic heterocycles. The van der Waals surface area contributed by atoms with E-state index >= 15 is 0 Å². The van der Waals surface area contributed by atoms with Crippen LogP contribution < -0.4 is 0 Å². The molecule has 282 valence electrons. The van der Waals surface area contributed by atoms with Crippen molar-refractivity contribution in [1.29, 1.82) is 0 Å². The van der Waals surface area contributed by atoms with Crippen molar-refractivity contribution >= 4 is 22.1 Å². The summed E-state index contributed by atoms with van der Waals surface area (Å²) in [6.45, 7) is 20.2. The quantitative estimate of drug-likeness (QED) is 0.153. The second kappa shape index (κ2) is 90.2. The van der Waals surface area contributed by atoms with Gasteiger partial charge in [-0.15, -0.1) is 0 Å². The van der Waals surface area contributed by atoms with Crippen LogP contribution in [-0.4, -0.2) is 0 Å². The maximum atomic E-state index is 2.12. The maximum Gasteiger partial charge on any atom is -0.00934 e. The molecule has 0 fully saturated rings. The fourth-order valence-corrected chi connectivity index (χ4v) is 2.58. The van der Waals surface area contributed by atoms with Crippen LogP contribution in [0.15, 0.2) is 144 Å². The van der Waals surface area contributed by atoms with E-state index < -0.39 is 0 Å². The molecule has 47 heavy (non-hydrogen) atoms. The zero-order valence-electron chi connectivity index (χ0n) is 26.0. The van der Waals surface area contributed by atoms with E-state index in [4.69, 9.17) is 0 Å². The monoisotopic (exact) mass is 677 g/mol. The van der Waals surface area contributed by atoms with Crippen molar-refractivity contribution in [3.05, 3.63) is 144 Å². The summed E-state index contributed by atoms with van der Waals surface area (Å²) in [5.41, 5.74) is 0. The minimum atomic E-state index is 0. The van der Waals surface area contributed by atoms with Crippen LogP contribution >= 0.6 is 11.3 Å². The van der Waals surface area contributed by atoms with Crippen LogP contribution in [0.2, 0.25) is 0 Å². The van der Waals surface area contributed by atoms with Crippen molar-refractivity contribution in [2.45, 2.75) is 142 Å². The number of thiophene rings is 1. The highest BCUT2D eigenvalue weighted by Gasteiger charge is 1.85. The highest BCUT2D eigenvalue weighted by Crippen LogP contribution is 2.11. The molecule has 0 atom stereocenters. The Labute approximate surface area is 307 Å². The molecule has 0 radical (unpaired) electrons. The van der Waals surface area contributed by atoms with Crippen molar-refractivity contribution in [1.82, 2.24) is 0 Å². The van der Waals surface area contributed by atoms with Crippen molar-refractivity contribution in [2.75, 3.05) is 0 Å². The van der Waals surface area contributed by atoms with E-state index in [0.717, 1.165) is 0 Å². The lowest BCUT2D eigenvalue weighted by atomic mass is 10.1. The van der Waals surface area contributed by atoms with E-state index in [9.17, 15) is 0 Å². The summed E-state index contributed by atoms with van der Waals surface area (Å²) in [7, 11) is 0. The average molecular weight is 677 g/mol. The fraction of sp³-hybridized carbons (Fsp3) is 0.435. The summed E-state index contributed by atoms with van der Waals surface area (Å²) >= 11 is 1.71. The second-order valence-electron chi connectivity index (χ2n) is 6.16. The molecule has 0 bridgehead atoms. The molecule has 5 aromatic rings. The Bertz CT molecular complexity index is 763. The smallest absolute Gasteiger partial charge is 0.00934 e. The topological polar surface area (TPSA) is 0 Å². The van der Waals surface area contributed by atoms with Crippen LogP contribution in [0.4, 0.5) is 0 Å². The van der Waals surface area contributed by atoms with Crippen molar-refractivity contribution < 1.29 is 0 Å². The zero-order chi connectivity index (χ0) is 29.5. The Morgan fingerprint density at radius 3 is 0.553 bits per heavy atom. The standard InChI is InChI=1S/C10H8.2C6H6.C4H4S.C3H8.4C2H6.9CH4/c1-2-6-10-8-4-3-7-9(10)5-1;2*1-2-4-6-5-3-1;1-2-4-5-3-1;1-3-2;4*1-2;;;;;;;;;/h1-8H;2*1-6H;1-4H;3H2,1-2H3;4*1-2H3;9*1H4. The SMILES string of the molecule is C.C.C.C.C.C.C.C.C.CC.CC.CC.CC.CCC.c1ccc2ccccc2c1.c1ccccc1.c1ccccc1.c1ccsc1. The van der Waals surface area contributed by atoms with Gasteiger partial charge in [-0.1, -0.05) is 276 Å². The molecule has 5 rings (SSSR count). The van der Waals surface area contributed by atoms with Crippen LogP contribution in [-0.2, 0) is 0 Å². The minimum absolute atomic E-state index is 0. The normalized spacial score (nSPS) is 5.91. The second-order valence-corrected chi connectivity index (χ2v) is 6.97. The van der Waals surface area contributed by atoms with Crippen LogP contribution in [0.25, 0.3) is 10.8 Å². The van der Waals surface area contributed by atoms with Gasteiger partial charge < -0.3 is 0 Å². The molecule has 0 unspecified atom stereocenters. The molecule has 1 aromatic heterocycles. The van der Waals surface area contributed by atoms with E-state index in [0.29, 0.717) is 0 Å². The molecular weight excluding hydrogens is 585 g/mol. The predicted octanol–water partition coefficient (Wildman–Crippen LogP) is 19.2. The Balaban J connectivity index is -0.0000000261. The summed E-state index contributed by atoms with van der Waals surface area (Å²) in [6.07, 6.45) is 1.25. The Morgan fingerprint density at radius 1 is 0.298 bits per heavy atom. The average Bonchev–Trinajstić information content (AvgIpc) is 3.65. The number of benzene rings is 4. The summed E-state index contributed by atoms with van der Waals surface area (Å²) < 4.78 is 0. The van der Waals surface area contributed by atoms with Gasteiger partial charge in [-0.2, -0.15) is 11.3 Å². The zero-order valence-corrected chi connectivity index (χ0v) is 26.8. The van der Waals surface area contributed by atoms with Crippen LogP contribution in [0.3, 0.4) is 0 Å². The third-order valence-corrected chi connectivity index (χ3v) is 4.05. The van der Waals surface area contributed by atoms with Crippen molar-refractivity contribution in [2.24, 2.45) is 0 Å². The number of hydrogen-bond acceptors (Lipinski definition) is 1. The third kappa shape index (κ3) is 70.5. The Kier molecular flexibility index (Phi) is 162. The first-order valence-corrected chi connectivity index (χ1v) is 15.2. The van der Waals surface area contributed by atoms with Crippen LogP contribution in [0, 0.1) is 0 Å². The van der Waals surface area contributed by atoms with Gasteiger partial charge in [0.15, 0.2) is 0 Å². The molecule has 0 amide bonds. The lowest BCUT2D eigenvalue weighted by molar-refractivity contribution is 1.09. The summed E-state index contributed by atoms with van der Waals surface area (Å²) in [6, 6.07) is 44.8. The fourth-order valence-electron chi connectivity index (χ4n) is 2.13. The molecule has 0 nitrogen and oxygen atoms in total. The summed E-state index contributed by atoms with van der Waals surface area (Å²) in [4.78, 5) is 0. The molecule has 0 aliphatic rings. The Morgan fingerprint density at radius 2 is 0.447 bits per heavy atom. The van der Waals surface area contributed by atoms with E-state index in [1.165, 1.54) is 17.2 Å².